The second-order valence-corrected chi connectivity index (χ2v) is 10.3. The van der Waals surface area contributed by atoms with Gasteiger partial charge in [0.2, 0.25) is 5.82 Å². The number of nitrogens with one attached hydrogen (secondary N) is 1. The van der Waals surface area contributed by atoms with Gasteiger partial charge in [0.05, 0.1) is 18.9 Å². The summed E-state index contributed by atoms with van der Waals surface area (Å²) in [6, 6.07) is 7.57. The van der Waals surface area contributed by atoms with Crippen molar-refractivity contribution in [3.05, 3.63) is 63.2 Å². The molecule has 1 aromatic heterocycles. The van der Waals surface area contributed by atoms with Crippen LogP contribution in [0.3, 0.4) is 0 Å². The number of aromatic amines is 1. The molecule has 1 aliphatic heterocycles. The van der Waals surface area contributed by atoms with Crippen LogP contribution in [0.1, 0.15) is 27.0 Å². The number of phosphoric acid groups is 1. The summed E-state index contributed by atoms with van der Waals surface area (Å²) in [5.74, 6) is 1.63. The van der Waals surface area contributed by atoms with Gasteiger partial charge in [0.15, 0.2) is 17.9 Å². The van der Waals surface area contributed by atoms with Gasteiger partial charge in [-0.2, -0.15) is 4.39 Å². The van der Waals surface area contributed by atoms with Crippen molar-refractivity contribution in [1.29, 1.82) is 0 Å². The van der Waals surface area contributed by atoms with Crippen molar-refractivity contribution in [3.8, 4) is 17.6 Å². The van der Waals surface area contributed by atoms with Crippen molar-refractivity contribution >= 4 is 13.8 Å². The topological polar surface area (TPSA) is 176 Å². The molecule has 1 aromatic carbocycles. The molecule has 3 rings (SSSR count). The zero-order chi connectivity index (χ0) is 29.7. The van der Waals surface area contributed by atoms with Crippen molar-refractivity contribution in [1.82, 2.24) is 9.55 Å². The Morgan fingerprint density at radius 2 is 1.95 bits per heavy atom. The molecule has 0 bridgehead atoms. The number of rotatable bonds is 10. The van der Waals surface area contributed by atoms with Gasteiger partial charge in [0.25, 0.3) is 5.56 Å². The van der Waals surface area contributed by atoms with Crippen molar-refractivity contribution in [2.24, 2.45) is 0 Å². The number of carbonyl (C=O) groups excluding carboxylic acids is 1. The summed E-state index contributed by atoms with van der Waals surface area (Å²) >= 11 is 0. The average Bonchev–Trinajstić information content (AvgIpc) is 3.13. The molecule has 13 nitrogen and oxygen atoms in total. The Labute approximate surface area is 226 Å². The van der Waals surface area contributed by atoms with Gasteiger partial charge in [-0.15, -0.1) is 0 Å². The normalized spacial score (nSPS) is 24.6. The SMILES string of the molecule is CC(C)OC(=O)[C@H](C)O[P@](=O)(OC[C@H]1OC(n2cc(F)c(=O)[nH]c2=O)C(O)(C#CCF)C1O)Oc1ccccc1. The molecule has 3 N–H and O–H groups in total. The number of halogens is 2. The van der Waals surface area contributed by atoms with Crippen LogP contribution in [0, 0.1) is 17.7 Å². The van der Waals surface area contributed by atoms with Crippen LogP contribution in [-0.2, 0) is 27.9 Å². The van der Waals surface area contributed by atoms with Gasteiger partial charge < -0.3 is 24.2 Å². The fourth-order valence-electron chi connectivity index (χ4n) is 3.55. The molecule has 1 saturated heterocycles. The average molecular weight is 588 g/mol. The molecule has 3 unspecified atom stereocenters. The number of alkyl halides is 1. The zero-order valence-electron chi connectivity index (χ0n) is 21.5. The molecule has 0 spiro atoms. The number of hydrogen-bond acceptors (Lipinski definition) is 11. The maximum absolute atomic E-state index is 14.0. The van der Waals surface area contributed by atoms with Gasteiger partial charge in [0.1, 0.15) is 24.6 Å². The van der Waals surface area contributed by atoms with Gasteiger partial charge >= 0.3 is 19.5 Å². The maximum Gasteiger partial charge on any atom is 0.530 e. The van der Waals surface area contributed by atoms with E-state index in [1.165, 1.54) is 19.1 Å². The summed E-state index contributed by atoms with van der Waals surface area (Å²) in [5.41, 5.74) is -5.34. The highest BCUT2D eigenvalue weighted by Crippen LogP contribution is 2.51. The van der Waals surface area contributed by atoms with Crippen LogP contribution in [0.25, 0.3) is 0 Å². The van der Waals surface area contributed by atoms with Crippen molar-refractivity contribution in [3.63, 3.8) is 0 Å². The van der Waals surface area contributed by atoms with Crippen LogP contribution in [-0.4, -0.2) is 69.0 Å². The zero-order valence-corrected chi connectivity index (χ0v) is 22.4. The monoisotopic (exact) mass is 588 g/mol. The van der Waals surface area contributed by atoms with Crippen LogP contribution >= 0.6 is 7.82 Å². The third-order valence-electron chi connectivity index (χ3n) is 5.34. The lowest BCUT2D eigenvalue weighted by Gasteiger charge is -2.26. The number of aliphatic hydroxyl groups excluding tert-OH is 1. The summed E-state index contributed by atoms with van der Waals surface area (Å²) in [4.78, 5) is 37.7. The van der Waals surface area contributed by atoms with E-state index >= 15 is 0 Å². The second-order valence-electron chi connectivity index (χ2n) is 8.76. The van der Waals surface area contributed by atoms with Crippen LogP contribution < -0.4 is 15.8 Å². The van der Waals surface area contributed by atoms with E-state index < -0.39 is 80.4 Å². The lowest BCUT2D eigenvalue weighted by atomic mass is 9.94. The quantitative estimate of drug-likeness (QED) is 0.207. The molecular weight excluding hydrogens is 561 g/mol. The van der Waals surface area contributed by atoms with E-state index in [-0.39, 0.29) is 5.75 Å². The predicted octanol–water partition coefficient (Wildman–Crippen LogP) is 1.20. The van der Waals surface area contributed by atoms with E-state index in [1.807, 2.05) is 11.8 Å². The predicted molar refractivity (Wildman–Crippen MR) is 132 cm³/mol. The van der Waals surface area contributed by atoms with E-state index in [9.17, 15) is 37.9 Å². The van der Waals surface area contributed by atoms with E-state index in [2.05, 4.69) is 0 Å². The molecule has 0 saturated carbocycles. The number of nitrogens with zero attached hydrogens (tertiary/aromatic N) is 1. The lowest BCUT2D eigenvalue weighted by Crippen LogP contribution is -2.48. The largest absolute Gasteiger partial charge is 0.530 e. The Bertz CT molecular complexity index is 1420. The number of benzene rings is 1. The molecule has 16 heteroatoms. The summed E-state index contributed by atoms with van der Waals surface area (Å²) in [6.45, 7) is 2.27. The molecule has 0 amide bonds. The van der Waals surface area contributed by atoms with E-state index in [1.54, 1.807) is 37.0 Å². The van der Waals surface area contributed by atoms with E-state index in [0.717, 1.165) is 0 Å². The Kier molecular flexibility index (Phi) is 10.0. The van der Waals surface area contributed by atoms with Crippen LogP contribution in [0.4, 0.5) is 8.78 Å². The molecule has 2 heterocycles. The first-order chi connectivity index (χ1) is 18.8. The Balaban J connectivity index is 1.91. The number of carbonyl (C=O) groups is 1. The molecule has 1 aliphatic rings. The third kappa shape index (κ3) is 7.22. The number of hydrogen-bond donors (Lipinski definition) is 3. The first-order valence-corrected chi connectivity index (χ1v) is 13.3. The van der Waals surface area contributed by atoms with E-state index in [4.69, 9.17) is 23.0 Å². The van der Waals surface area contributed by atoms with Gasteiger partial charge in [0, 0.05) is 0 Å². The fraction of sp³-hybridized carbons (Fsp3) is 0.458. The molecule has 6 atom stereocenters. The molecular formula is C24H27F2N2O11P. The molecule has 40 heavy (non-hydrogen) atoms. The van der Waals surface area contributed by atoms with E-state index in [0.29, 0.717) is 10.8 Å². The number of phosphoric ester groups is 1. The van der Waals surface area contributed by atoms with Crippen LogP contribution in [0.15, 0.2) is 46.1 Å². The van der Waals surface area contributed by atoms with Gasteiger partial charge in [-0.3, -0.25) is 23.4 Å². The number of aromatic nitrogens is 2. The van der Waals surface area contributed by atoms with Crippen molar-refractivity contribution in [2.45, 2.75) is 57.0 Å². The van der Waals surface area contributed by atoms with Crippen LogP contribution in [0.5, 0.6) is 5.75 Å². The molecule has 0 aliphatic carbocycles. The lowest BCUT2D eigenvalue weighted by molar-refractivity contribution is -0.156. The Morgan fingerprint density at radius 1 is 1.27 bits per heavy atom. The Morgan fingerprint density at radius 3 is 2.58 bits per heavy atom. The maximum atomic E-state index is 14.0. The Hall–Kier alpha value is -3.38. The number of para-hydroxylation sites is 1. The summed E-state index contributed by atoms with van der Waals surface area (Å²) in [5, 5.41) is 21.9. The molecule has 218 valence electrons. The molecule has 2 aromatic rings. The standard InChI is InChI=1S/C24H27F2N2O11P/c1-14(2)36-21(31)15(3)38-40(34,39-16-8-5-4-6-9-16)35-13-18-19(29)24(33,10-7-11-25)22(37-18)28-12-17(26)20(30)27-23(28)32/h4-6,8-9,12,14-15,18-19,22,29,33H,11,13H2,1-3H3,(H,27,30,32)/t15-,18+,19?,22?,24?,40-/m0/s1. The second kappa shape index (κ2) is 12.9. The molecule has 0 radical (unpaired) electrons. The number of aliphatic hydroxyl groups is 2. The summed E-state index contributed by atoms with van der Waals surface area (Å²) in [6.07, 6.45) is -7.26. The highest BCUT2D eigenvalue weighted by atomic mass is 31.2. The van der Waals surface area contributed by atoms with Crippen molar-refractivity contribution in [2.75, 3.05) is 13.3 Å². The number of esters is 1. The highest BCUT2D eigenvalue weighted by Gasteiger charge is 2.57. The summed E-state index contributed by atoms with van der Waals surface area (Å²) < 4.78 is 67.3. The highest BCUT2D eigenvalue weighted by molar-refractivity contribution is 7.49. The van der Waals surface area contributed by atoms with Crippen LogP contribution in [0.2, 0.25) is 0 Å². The number of ether oxygens (including phenoxy) is 2. The van der Waals surface area contributed by atoms with Crippen molar-refractivity contribution < 1.29 is 51.4 Å². The molecule has 1 fully saturated rings. The number of H-pyrrole nitrogens is 1. The smallest absolute Gasteiger partial charge is 0.461 e. The van der Waals surface area contributed by atoms with Gasteiger partial charge in [-0.25, -0.2) is 18.5 Å². The minimum atomic E-state index is -4.70. The van der Waals surface area contributed by atoms with Gasteiger partial charge in [-0.1, -0.05) is 30.0 Å². The first kappa shape index (κ1) is 31.2. The fourth-order valence-corrected chi connectivity index (χ4v) is 4.88. The minimum Gasteiger partial charge on any atom is -0.461 e. The van der Waals surface area contributed by atoms with Gasteiger partial charge in [-0.05, 0) is 32.9 Å². The first-order valence-electron chi connectivity index (χ1n) is 11.8. The minimum absolute atomic E-state index is 0.0154. The third-order valence-corrected chi connectivity index (χ3v) is 6.82. The summed E-state index contributed by atoms with van der Waals surface area (Å²) in [7, 11) is -4.70.